The van der Waals surface area contributed by atoms with Gasteiger partial charge in [0, 0.05) is 50.9 Å². The van der Waals surface area contributed by atoms with Gasteiger partial charge in [-0.3, -0.25) is 14.4 Å². The van der Waals surface area contributed by atoms with Crippen LogP contribution in [0.15, 0.2) is 60.7 Å². The third-order valence-electron chi connectivity index (χ3n) is 5.08. The molecule has 0 saturated carbocycles. The zero-order valence-corrected chi connectivity index (χ0v) is 15.6. The number of aromatic nitrogens is 2. The number of nitrogens with one attached hydrogen (secondary N) is 1. The Labute approximate surface area is 159 Å². The van der Waals surface area contributed by atoms with Gasteiger partial charge < -0.3 is 5.32 Å². The average Bonchev–Trinajstić information content (AvgIpc) is 3.04. The highest BCUT2D eigenvalue weighted by atomic mass is 16.1. The third kappa shape index (κ3) is 3.93. The van der Waals surface area contributed by atoms with Crippen LogP contribution in [-0.4, -0.2) is 27.1 Å². The van der Waals surface area contributed by atoms with E-state index in [0.29, 0.717) is 12.2 Å². The van der Waals surface area contributed by atoms with Gasteiger partial charge >= 0.3 is 0 Å². The van der Waals surface area contributed by atoms with E-state index < -0.39 is 0 Å². The number of amides is 1. The van der Waals surface area contributed by atoms with Crippen molar-refractivity contribution >= 4 is 5.91 Å². The summed E-state index contributed by atoms with van der Waals surface area (Å²) in [6, 6.07) is 20.4. The normalized spacial score (nSPS) is 14.0. The van der Waals surface area contributed by atoms with E-state index in [0.717, 1.165) is 37.2 Å². The van der Waals surface area contributed by atoms with Gasteiger partial charge in [0.1, 0.15) is 0 Å². The average molecular weight is 360 g/mol. The second-order valence-electron chi connectivity index (χ2n) is 7.01. The lowest BCUT2D eigenvalue weighted by Crippen LogP contribution is -2.32. The Hall–Kier alpha value is -2.92. The van der Waals surface area contributed by atoms with Gasteiger partial charge in [-0.05, 0) is 11.1 Å². The number of fused-ring (bicyclic) bond motifs is 1. The summed E-state index contributed by atoms with van der Waals surface area (Å²) < 4.78 is 1.87. The second-order valence-corrected chi connectivity index (χ2v) is 7.01. The molecule has 0 aliphatic carbocycles. The third-order valence-corrected chi connectivity index (χ3v) is 5.08. The molecule has 0 saturated heterocycles. The number of nitrogens with zero attached hydrogens (tertiary/aromatic N) is 3. The maximum atomic E-state index is 12.8. The lowest BCUT2D eigenvalue weighted by atomic mass is 10.0. The molecule has 1 amide bonds. The van der Waals surface area contributed by atoms with Crippen molar-refractivity contribution in [2.45, 2.75) is 26.1 Å². The SMILES string of the molecule is Cn1nc(C(=O)NCc2ccccc2)c2c1CCN(Cc1ccccc1)C2. The van der Waals surface area contributed by atoms with E-state index in [1.54, 1.807) is 0 Å². The summed E-state index contributed by atoms with van der Waals surface area (Å²) in [7, 11) is 1.93. The first-order valence-electron chi connectivity index (χ1n) is 9.34. The number of aryl methyl sites for hydroxylation is 1. The van der Waals surface area contributed by atoms with Gasteiger partial charge in [0.15, 0.2) is 5.69 Å². The molecule has 0 unspecified atom stereocenters. The van der Waals surface area contributed by atoms with E-state index in [1.165, 1.54) is 11.3 Å². The number of carbonyl (C=O) groups is 1. The molecule has 138 valence electrons. The summed E-state index contributed by atoms with van der Waals surface area (Å²) in [6.07, 6.45) is 0.914. The largest absolute Gasteiger partial charge is 0.347 e. The highest BCUT2D eigenvalue weighted by Crippen LogP contribution is 2.23. The molecule has 0 spiro atoms. The molecule has 1 aromatic heterocycles. The Bertz CT molecular complexity index is 918. The van der Waals surface area contributed by atoms with E-state index in [1.807, 2.05) is 48.1 Å². The first-order chi connectivity index (χ1) is 13.2. The molecule has 0 fully saturated rings. The smallest absolute Gasteiger partial charge is 0.272 e. The van der Waals surface area contributed by atoms with E-state index in [2.05, 4.69) is 39.6 Å². The van der Waals surface area contributed by atoms with Crippen LogP contribution in [0.5, 0.6) is 0 Å². The first-order valence-corrected chi connectivity index (χ1v) is 9.34. The number of carbonyl (C=O) groups excluding carboxylic acids is 1. The summed E-state index contributed by atoms with van der Waals surface area (Å²) >= 11 is 0. The lowest BCUT2D eigenvalue weighted by molar-refractivity contribution is 0.0943. The zero-order chi connectivity index (χ0) is 18.6. The van der Waals surface area contributed by atoms with Crippen LogP contribution in [0.4, 0.5) is 0 Å². The molecule has 2 aromatic carbocycles. The highest BCUT2D eigenvalue weighted by molar-refractivity contribution is 5.94. The summed E-state index contributed by atoms with van der Waals surface area (Å²) in [5.41, 5.74) is 5.16. The van der Waals surface area contributed by atoms with Crippen molar-refractivity contribution in [2.24, 2.45) is 7.05 Å². The van der Waals surface area contributed by atoms with Crippen LogP contribution in [0.3, 0.4) is 0 Å². The molecule has 27 heavy (non-hydrogen) atoms. The van der Waals surface area contributed by atoms with Crippen molar-refractivity contribution in [3.63, 3.8) is 0 Å². The molecule has 0 radical (unpaired) electrons. The van der Waals surface area contributed by atoms with Crippen LogP contribution in [0.25, 0.3) is 0 Å². The van der Waals surface area contributed by atoms with Gasteiger partial charge in [-0.2, -0.15) is 5.10 Å². The molecule has 1 N–H and O–H groups in total. The highest BCUT2D eigenvalue weighted by Gasteiger charge is 2.27. The van der Waals surface area contributed by atoms with Gasteiger partial charge in [0.25, 0.3) is 5.91 Å². The van der Waals surface area contributed by atoms with Crippen LogP contribution in [-0.2, 0) is 33.1 Å². The zero-order valence-electron chi connectivity index (χ0n) is 15.6. The Kier molecular flexibility index (Phi) is 5.03. The topological polar surface area (TPSA) is 50.2 Å². The Balaban J connectivity index is 1.48. The number of rotatable bonds is 5. The molecule has 5 nitrogen and oxygen atoms in total. The predicted molar refractivity (Wildman–Crippen MR) is 105 cm³/mol. The fourth-order valence-corrected chi connectivity index (χ4v) is 3.67. The van der Waals surface area contributed by atoms with Crippen molar-refractivity contribution in [2.75, 3.05) is 6.54 Å². The van der Waals surface area contributed by atoms with Crippen LogP contribution in [0.2, 0.25) is 0 Å². The molecule has 1 aliphatic rings. The van der Waals surface area contributed by atoms with Gasteiger partial charge in [0.05, 0.1) is 0 Å². The van der Waals surface area contributed by atoms with Crippen molar-refractivity contribution in [3.05, 3.63) is 88.7 Å². The van der Waals surface area contributed by atoms with E-state index in [9.17, 15) is 4.79 Å². The second kappa shape index (κ2) is 7.76. The Morgan fingerprint density at radius 1 is 1.04 bits per heavy atom. The fraction of sp³-hybridized carbons (Fsp3) is 0.273. The molecular weight excluding hydrogens is 336 g/mol. The minimum atomic E-state index is -0.0998. The van der Waals surface area contributed by atoms with Gasteiger partial charge in [-0.15, -0.1) is 0 Å². The quantitative estimate of drug-likeness (QED) is 0.761. The predicted octanol–water partition coefficient (Wildman–Crippen LogP) is 2.91. The number of benzene rings is 2. The monoisotopic (exact) mass is 360 g/mol. The molecule has 2 heterocycles. The van der Waals surface area contributed by atoms with Crippen molar-refractivity contribution in [1.29, 1.82) is 0 Å². The summed E-state index contributed by atoms with van der Waals surface area (Å²) in [6.45, 7) is 3.14. The summed E-state index contributed by atoms with van der Waals surface area (Å²) in [5, 5.41) is 7.53. The number of hydrogen-bond donors (Lipinski definition) is 1. The van der Waals surface area contributed by atoms with Crippen LogP contribution >= 0.6 is 0 Å². The molecular formula is C22H24N4O. The van der Waals surface area contributed by atoms with Crippen LogP contribution < -0.4 is 5.32 Å². The van der Waals surface area contributed by atoms with Crippen molar-refractivity contribution < 1.29 is 4.79 Å². The molecule has 0 bridgehead atoms. The maximum absolute atomic E-state index is 12.8. The van der Waals surface area contributed by atoms with Gasteiger partial charge in [-0.1, -0.05) is 60.7 Å². The van der Waals surface area contributed by atoms with Gasteiger partial charge in [-0.25, -0.2) is 0 Å². The molecule has 5 heteroatoms. The Morgan fingerprint density at radius 3 is 2.41 bits per heavy atom. The maximum Gasteiger partial charge on any atom is 0.272 e. The standard InChI is InChI=1S/C22H24N4O/c1-25-20-12-13-26(15-18-10-6-3-7-11-18)16-19(20)21(24-25)22(27)23-14-17-8-4-2-5-9-17/h2-11H,12-16H2,1H3,(H,23,27). The van der Waals surface area contributed by atoms with E-state index >= 15 is 0 Å². The van der Waals surface area contributed by atoms with Crippen LogP contribution in [0.1, 0.15) is 32.9 Å². The molecule has 3 aromatic rings. The van der Waals surface area contributed by atoms with Crippen molar-refractivity contribution in [3.8, 4) is 0 Å². The minimum absolute atomic E-state index is 0.0998. The fourth-order valence-electron chi connectivity index (χ4n) is 3.67. The van der Waals surface area contributed by atoms with E-state index in [4.69, 9.17) is 0 Å². The summed E-state index contributed by atoms with van der Waals surface area (Å²) in [5.74, 6) is -0.0998. The summed E-state index contributed by atoms with van der Waals surface area (Å²) in [4.78, 5) is 15.1. The minimum Gasteiger partial charge on any atom is -0.347 e. The molecule has 4 rings (SSSR count). The first kappa shape index (κ1) is 17.5. The van der Waals surface area contributed by atoms with Crippen LogP contribution in [0, 0.1) is 0 Å². The lowest BCUT2D eigenvalue weighted by Gasteiger charge is -2.27. The van der Waals surface area contributed by atoms with Crippen molar-refractivity contribution in [1.82, 2.24) is 20.0 Å². The number of hydrogen-bond acceptors (Lipinski definition) is 3. The molecule has 1 aliphatic heterocycles. The Morgan fingerprint density at radius 2 is 1.70 bits per heavy atom. The molecule has 0 atom stereocenters. The van der Waals surface area contributed by atoms with E-state index in [-0.39, 0.29) is 5.91 Å². The van der Waals surface area contributed by atoms with Gasteiger partial charge in [0.2, 0.25) is 0 Å².